The highest BCUT2D eigenvalue weighted by molar-refractivity contribution is 7.92. The molecule has 240 valence electrons. The third-order valence-electron chi connectivity index (χ3n) is 8.42. The minimum atomic E-state index is -4.17. The van der Waals surface area contributed by atoms with Crippen molar-refractivity contribution >= 4 is 27.5 Å². The zero-order valence-corrected chi connectivity index (χ0v) is 27.2. The SMILES string of the molecule is COc1ccc(N(CC(=O)N(Cc2ccccc2)[C@@H](Cc2ccccc2)C(=O)NC2CCCC2)S(=O)(=O)c2ccc(C)cc2)cc1. The fraction of sp³-hybridized carbons (Fsp3) is 0.297. The van der Waals surface area contributed by atoms with E-state index in [2.05, 4.69) is 5.32 Å². The van der Waals surface area contributed by atoms with Crippen molar-refractivity contribution in [2.45, 2.75) is 62.6 Å². The fourth-order valence-corrected chi connectivity index (χ4v) is 7.23. The number of hydrogen-bond donors (Lipinski definition) is 1. The van der Waals surface area contributed by atoms with Crippen molar-refractivity contribution in [1.82, 2.24) is 10.2 Å². The lowest BCUT2D eigenvalue weighted by molar-refractivity contribution is -0.140. The van der Waals surface area contributed by atoms with Gasteiger partial charge >= 0.3 is 0 Å². The number of benzene rings is 4. The first-order chi connectivity index (χ1) is 22.2. The van der Waals surface area contributed by atoms with E-state index in [0.29, 0.717) is 11.4 Å². The van der Waals surface area contributed by atoms with E-state index in [1.54, 1.807) is 48.5 Å². The van der Waals surface area contributed by atoms with Crippen LogP contribution in [0.2, 0.25) is 0 Å². The molecular formula is C37H41N3O5S. The molecule has 1 aliphatic rings. The Morgan fingerprint density at radius 2 is 1.41 bits per heavy atom. The van der Waals surface area contributed by atoms with E-state index < -0.39 is 28.5 Å². The quantitative estimate of drug-likeness (QED) is 0.197. The van der Waals surface area contributed by atoms with E-state index in [-0.39, 0.29) is 29.8 Å². The Kier molecular flexibility index (Phi) is 10.8. The molecule has 1 fully saturated rings. The summed E-state index contributed by atoms with van der Waals surface area (Å²) in [6.45, 7) is 1.51. The van der Waals surface area contributed by atoms with Crippen molar-refractivity contribution in [3.63, 3.8) is 0 Å². The lowest BCUT2D eigenvalue weighted by Gasteiger charge is -2.34. The highest BCUT2D eigenvalue weighted by Crippen LogP contribution is 2.27. The Labute approximate surface area is 272 Å². The summed E-state index contributed by atoms with van der Waals surface area (Å²) in [5, 5.41) is 3.20. The normalized spacial score (nSPS) is 14.0. The maximum atomic E-state index is 14.6. The number of anilines is 1. The van der Waals surface area contributed by atoms with Gasteiger partial charge in [-0.05, 0) is 67.3 Å². The number of amides is 2. The van der Waals surface area contributed by atoms with Gasteiger partial charge in [-0.3, -0.25) is 13.9 Å². The molecule has 0 bridgehead atoms. The zero-order valence-electron chi connectivity index (χ0n) is 26.3. The summed E-state index contributed by atoms with van der Waals surface area (Å²) in [5.74, 6) is -0.171. The smallest absolute Gasteiger partial charge is 0.264 e. The van der Waals surface area contributed by atoms with Crippen LogP contribution in [-0.2, 0) is 32.6 Å². The van der Waals surface area contributed by atoms with Crippen LogP contribution in [0.1, 0.15) is 42.4 Å². The van der Waals surface area contributed by atoms with Crippen LogP contribution < -0.4 is 14.4 Å². The van der Waals surface area contributed by atoms with Gasteiger partial charge in [0, 0.05) is 19.0 Å². The monoisotopic (exact) mass is 639 g/mol. The average Bonchev–Trinajstić information content (AvgIpc) is 3.59. The number of carbonyl (C=O) groups is 2. The molecule has 46 heavy (non-hydrogen) atoms. The Balaban J connectivity index is 1.55. The fourth-order valence-electron chi connectivity index (χ4n) is 5.82. The third kappa shape index (κ3) is 8.14. The van der Waals surface area contributed by atoms with Crippen molar-refractivity contribution in [2.75, 3.05) is 18.0 Å². The summed E-state index contributed by atoms with van der Waals surface area (Å²) in [6.07, 6.45) is 4.18. The number of aryl methyl sites for hydroxylation is 1. The van der Waals surface area contributed by atoms with Gasteiger partial charge in [0.1, 0.15) is 18.3 Å². The van der Waals surface area contributed by atoms with Crippen LogP contribution in [0.3, 0.4) is 0 Å². The topological polar surface area (TPSA) is 96.0 Å². The van der Waals surface area contributed by atoms with Crippen LogP contribution in [0.4, 0.5) is 5.69 Å². The first-order valence-corrected chi connectivity index (χ1v) is 17.1. The predicted molar refractivity (Wildman–Crippen MR) is 180 cm³/mol. The summed E-state index contributed by atoms with van der Waals surface area (Å²) in [6, 6.07) is 31.3. The van der Waals surface area contributed by atoms with E-state index in [4.69, 9.17) is 4.74 Å². The minimum absolute atomic E-state index is 0.0529. The molecule has 0 radical (unpaired) electrons. The number of sulfonamides is 1. The molecule has 5 rings (SSSR count). The summed E-state index contributed by atoms with van der Waals surface area (Å²) >= 11 is 0. The number of nitrogens with zero attached hydrogens (tertiary/aromatic N) is 2. The summed E-state index contributed by atoms with van der Waals surface area (Å²) in [5.41, 5.74) is 2.96. The average molecular weight is 640 g/mol. The van der Waals surface area contributed by atoms with Crippen LogP contribution >= 0.6 is 0 Å². The first kappa shape index (κ1) is 32.8. The molecule has 8 nitrogen and oxygen atoms in total. The van der Waals surface area contributed by atoms with Crippen molar-refractivity contribution in [3.8, 4) is 5.75 Å². The van der Waals surface area contributed by atoms with Gasteiger partial charge in [-0.15, -0.1) is 0 Å². The maximum absolute atomic E-state index is 14.6. The molecule has 2 amide bonds. The second-order valence-electron chi connectivity index (χ2n) is 11.7. The molecule has 0 heterocycles. The van der Waals surface area contributed by atoms with E-state index in [0.717, 1.165) is 46.7 Å². The molecule has 1 aliphatic carbocycles. The molecule has 9 heteroatoms. The van der Waals surface area contributed by atoms with Gasteiger partial charge in [0.25, 0.3) is 10.0 Å². The second kappa shape index (κ2) is 15.1. The lowest BCUT2D eigenvalue weighted by atomic mass is 10.0. The number of nitrogens with one attached hydrogen (secondary N) is 1. The van der Waals surface area contributed by atoms with E-state index in [1.165, 1.54) is 12.0 Å². The number of ether oxygens (including phenoxy) is 1. The molecule has 4 aromatic rings. The van der Waals surface area contributed by atoms with Crippen LogP contribution in [0.25, 0.3) is 0 Å². The number of carbonyl (C=O) groups excluding carboxylic acids is 2. The Morgan fingerprint density at radius 3 is 2.00 bits per heavy atom. The van der Waals surface area contributed by atoms with Crippen molar-refractivity contribution in [2.24, 2.45) is 0 Å². The van der Waals surface area contributed by atoms with E-state index >= 15 is 0 Å². The molecule has 1 atom stereocenters. The van der Waals surface area contributed by atoms with Gasteiger partial charge in [0.15, 0.2) is 0 Å². The first-order valence-electron chi connectivity index (χ1n) is 15.7. The van der Waals surface area contributed by atoms with Gasteiger partial charge in [-0.25, -0.2) is 8.42 Å². The minimum Gasteiger partial charge on any atom is -0.497 e. The summed E-state index contributed by atoms with van der Waals surface area (Å²) in [7, 11) is -2.64. The van der Waals surface area contributed by atoms with Gasteiger partial charge in [-0.1, -0.05) is 91.2 Å². The van der Waals surface area contributed by atoms with Crippen molar-refractivity contribution in [3.05, 3.63) is 126 Å². The van der Waals surface area contributed by atoms with Crippen LogP contribution in [-0.4, -0.2) is 50.9 Å². The molecule has 0 saturated heterocycles. The van der Waals surface area contributed by atoms with Crippen LogP contribution in [0, 0.1) is 6.92 Å². The van der Waals surface area contributed by atoms with Gasteiger partial charge in [0.2, 0.25) is 11.8 Å². The lowest BCUT2D eigenvalue weighted by Crippen LogP contribution is -2.54. The second-order valence-corrected chi connectivity index (χ2v) is 13.6. The van der Waals surface area contributed by atoms with Crippen LogP contribution in [0.5, 0.6) is 5.75 Å². The van der Waals surface area contributed by atoms with E-state index in [9.17, 15) is 18.0 Å². The molecule has 0 spiro atoms. The molecule has 0 aromatic heterocycles. The van der Waals surface area contributed by atoms with Crippen molar-refractivity contribution < 1.29 is 22.7 Å². The number of hydrogen-bond acceptors (Lipinski definition) is 5. The third-order valence-corrected chi connectivity index (χ3v) is 10.2. The summed E-state index contributed by atoms with van der Waals surface area (Å²) in [4.78, 5) is 30.2. The Hall–Kier alpha value is -4.63. The van der Waals surface area contributed by atoms with Gasteiger partial charge in [0.05, 0.1) is 17.7 Å². The largest absolute Gasteiger partial charge is 0.497 e. The molecule has 1 saturated carbocycles. The molecule has 4 aromatic carbocycles. The molecule has 0 aliphatic heterocycles. The molecule has 1 N–H and O–H groups in total. The maximum Gasteiger partial charge on any atom is 0.264 e. The molecule has 0 unspecified atom stereocenters. The highest BCUT2D eigenvalue weighted by Gasteiger charge is 2.35. The summed E-state index contributed by atoms with van der Waals surface area (Å²) < 4.78 is 34.8. The van der Waals surface area contributed by atoms with E-state index in [1.807, 2.05) is 67.6 Å². The van der Waals surface area contributed by atoms with Gasteiger partial charge < -0.3 is 15.0 Å². The Bertz CT molecular complexity index is 1690. The standard InChI is InChI=1S/C37H41N3O5S/c1-28-17-23-34(24-18-28)46(43,44)40(32-19-21-33(45-2)22-20-32)27-36(41)39(26-30-13-7-4-8-14-30)35(25-29-11-5-3-6-12-29)37(42)38-31-15-9-10-16-31/h3-8,11-14,17-24,31,35H,9-10,15-16,25-27H2,1-2H3,(H,38,42)/t35-/m0/s1. The molecular weight excluding hydrogens is 598 g/mol. The van der Waals surface area contributed by atoms with Crippen molar-refractivity contribution in [1.29, 1.82) is 0 Å². The Morgan fingerprint density at radius 1 is 0.826 bits per heavy atom. The number of rotatable bonds is 13. The van der Waals surface area contributed by atoms with Gasteiger partial charge in [-0.2, -0.15) is 0 Å². The zero-order chi connectivity index (χ0) is 32.5. The number of methoxy groups -OCH3 is 1. The highest BCUT2D eigenvalue weighted by atomic mass is 32.2. The predicted octanol–water partition coefficient (Wildman–Crippen LogP) is 5.90. The van der Waals surface area contributed by atoms with Crippen LogP contribution in [0.15, 0.2) is 114 Å².